The van der Waals surface area contributed by atoms with Gasteiger partial charge in [0, 0.05) is 18.8 Å². The molecule has 0 radical (unpaired) electrons. The van der Waals surface area contributed by atoms with Crippen molar-refractivity contribution in [3.8, 4) is 0 Å². The molecule has 0 saturated carbocycles. The van der Waals surface area contributed by atoms with Gasteiger partial charge in [-0.2, -0.15) is 0 Å². The topological polar surface area (TPSA) is 67.3 Å². The summed E-state index contributed by atoms with van der Waals surface area (Å²) in [4.78, 5) is 17.7. The van der Waals surface area contributed by atoms with Gasteiger partial charge in [-0.1, -0.05) is 13.3 Å². The van der Waals surface area contributed by atoms with Crippen molar-refractivity contribution >= 4 is 15.7 Å². The number of nitrogens with zero attached hydrogens (tertiary/aromatic N) is 2. The van der Waals surface area contributed by atoms with Crippen molar-refractivity contribution in [2.45, 2.75) is 32.2 Å². The quantitative estimate of drug-likeness (QED) is 0.829. The van der Waals surface area contributed by atoms with Crippen LogP contribution in [0.25, 0.3) is 0 Å². The van der Waals surface area contributed by atoms with Crippen molar-refractivity contribution < 1.29 is 17.6 Å². The zero-order valence-corrected chi connectivity index (χ0v) is 12.8. The summed E-state index contributed by atoms with van der Waals surface area (Å²) in [5.74, 6) is -1.07. The van der Waals surface area contributed by atoms with E-state index in [1.54, 1.807) is 0 Å². The molecule has 1 amide bonds. The van der Waals surface area contributed by atoms with E-state index in [0.717, 1.165) is 19.0 Å². The maximum absolute atomic E-state index is 13.7. The van der Waals surface area contributed by atoms with Crippen molar-refractivity contribution in [1.82, 2.24) is 9.88 Å². The van der Waals surface area contributed by atoms with E-state index >= 15 is 0 Å². The molecule has 0 spiro atoms. The van der Waals surface area contributed by atoms with Gasteiger partial charge in [-0.3, -0.25) is 9.78 Å². The first kappa shape index (κ1) is 15.9. The van der Waals surface area contributed by atoms with Gasteiger partial charge in [0.1, 0.15) is 0 Å². The highest BCUT2D eigenvalue weighted by Gasteiger charge is 2.35. The fourth-order valence-electron chi connectivity index (χ4n) is 2.50. The number of hydrogen-bond acceptors (Lipinski definition) is 4. The minimum Gasteiger partial charge on any atom is -0.335 e. The fourth-order valence-corrected chi connectivity index (χ4v) is 4.23. The molecule has 1 atom stereocenters. The van der Waals surface area contributed by atoms with E-state index in [-0.39, 0.29) is 23.1 Å². The normalized spacial score (nSPS) is 20.4. The highest BCUT2D eigenvalue weighted by atomic mass is 32.2. The Bertz CT molecular complexity index is 618. The number of amides is 1. The summed E-state index contributed by atoms with van der Waals surface area (Å²) in [7, 11) is -3.09. The first-order valence-electron chi connectivity index (χ1n) is 7.05. The Kier molecular flexibility index (Phi) is 4.92. The summed E-state index contributed by atoms with van der Waals surface area (Å²) >= 11 is 0. The zero-order chi connectivity index (χ0) is 15.5. The van der Waals surface area contributed by atoms with Crippen LogP contribution in [0.4, 0.5) is 4.39 Å². The highest BCUT2D eigenvalue weighted by Crippen LogP contribution is 2.21. The second-order valence-electron chi connectivity index (χ2n) is 5.26. The summed E-state index contributed by atoms with van der Waals surface area (Å²) in [5.41, 5.74) is -0.0506. The van der Waals surface area contributed by atoms with Crippen LogP contribution in [0, 0.1) is 5.82 Å². The largest absolute Gasteiger partial charge is 0.335 e. The molecule has 1 fully saturated rings. The number of halogens is 1. The molecule has 1 aromatic rings. The molecule has 0 bridgehead atoms. The summed E-state index contributed by atoms with van der Waals surface area (Å²) in [6.07, 6.45) is 4.41. The van der Waals surface area contributed by atoms with Gasteiger partial charge in [0.05, 0.1) is 23.3 Å². The molecule has 0 aromatic carbocycles. The van der Waals surface area contributed by atoms with E-state index in [9.17, 15) is 17.6 Å². The molecule has 7 heteroatoms. The predicted molar refractivity (Wildman–Crippen MR) is 77.2 cm³/mol. The standard InChI is InChI=1S/C14H19FN2O3S/c1-2-3-7-17(11-5-8-21(19,20)10-11)14(18)12-4-6-16-9-13(12)15/h4,6,9,11H,2-3,5,7-8,10H2,1H3. The van der Waals surface area contributed by atoms with Crippen LogP contribution in [0.15, 0.2) is 18.5 Å². The lowest BCUT2D eigenvalue weighted by Crippen LogP contribution is -2.42. The Balaban J connectivity index is 2.24. The number of pyridine rings is 1. The molecule has 2 rings (SSSR count). The van der Waals surface area contributed by atoms with Gasteiger partial charge in [-0.25, -0.2) is 12.8 Å². The maximum Gasteiger partial charge on any atom is 0.257 e. The molecule has 116 valence electrons. The summed E-state index contributed by atoms with van der Waals surface area (Å²) in [5, 5.41) is 0. The monoisotopic (exact) mass is 314 g/mol. The number of carbonyl (C=O) groups is 1. The summed E-state index contributed by atoms with van der Waals surface area (Å²) < 4.78 is 37.0. The minimum absolute atomic E-state index is 0.0326. The van der Waals surface area contributed by atoms with Gasteiger partial charge in [-0.15, -0.1) is 0 Å². The molecular weight excluding hydrogens is 295 g/mol. The lowest BCUT2D eigenvalue weighted by atomic mass is 10.1. The van der Waals surface area contributed by atoms with Gasteiger partial charge in [0.2, 0.25) is 0 Å². The third kappa shape index (κ3) is 3.78. The molecule has 2 heterocycles. The second-order valence-corrected chi connectivity index (χ2v) is 7.49. The predicted octanol–water partition coefficient (Wildman–Crippen LogP) is 1.65. The van der Waals surface area contributed by atoms with Crippen LogP contribution in [0.5, 0.6) is 0 Å². The Hall–Kier alpha value is -1.50. The van der Waals surface area contributed by atoms with E-state index in [1.807, 2.05) is 6.92 Å². The maximum atomic E-state index is 13.7. The zero-order valence-electron chi connectivity index (χ0n) is 12.0. The molecule has 1 aliphatic heterocycles. The molecule has 21 heavy (non-hydrogen) atoms. The van der Waals surface area contributed by atoms with E-state index < -0.39 is 21.6 Å². The van der Waals surface area contributed by atoms with E-state index in [2.05, 4.69) is 4.98 Å². The van der Waals surface area contributed by atoms with Crippen LogP contribution in [-0.2, 0) is 9.84 Å². The smallest absolute Gasteiger partial charge is 0.257 e. The number of rotatable bonds is 5. The van der Waals surface area contributed by atoms with Crippen LogP contribution < -0.4 is 0 Å². The third-order valence-electron chi connectivity index (χ3n) is 3.67. The molecule has 1 unspecified atom stereocenters. The SMILES string of the molecule is CCCCN(C(=O)c1ccncc1F)C1CCS(=O)(=O)C1. The van der Waals surface area contributed by atoms with Crippen molar-refractivity contribution in [3.63, 3.8) is 0 Å². The number of carbonyl (C=O) groups excluding carboxylic acids is 1. The van der Waals surface area contributed by atoms with Gasteiger partial charge in [0.25, 0.3) is 5.91 Å². The summed E-state index contributed by atoms with van der Waals surface area (Å²) in [6, 6.07) is 0.974. The van der Waals surface area contributed by atoms with Crippen molar-refractivity contribution in [1.29, 1.82) is 0 Å². The van der Waals surface area contributed by atoms with Gasteiger partial charge < -0.3 is 4.90 Å². The number of aromatic nitrogens is 1. The fraction of sp³-hybridized carbons (Fsp3) is 0.571. The average Bonchev–Trinajstić information content (AvgIpc) is 2.79. The molecule has 1 aromatic heterocycles. The first-order valence-corrected chi connectivity index (χ1v) is 8.87. The van der Waals surface area contributed by atoms with Gasteiger partial charge >= 0.3 is 0 Å². The van der Waals surface area contributed by atoms with Crippen molar-refractivity contribution in [2.24, 2.45) is 0 Å². The second kappa shape index (κ2) is 6.51. The Morgan fingerprint density at radius 1 is 1.52 bits per heavy atom. The number of hydrogen-bond donors (Lipinski definition) is 0. The minimum atomic E-state index is -3.09. The lowest BCUT2D eigenvalue weighted by molar-refractivity contribution is 0.0689. The molecule has 1 aliphatic rings. The van der Waals surface area contributed by atoms with Crippen LogP contribution in [-0.4, -0.2) is 48.3 Å². The van der Waals surface area contributed by atoms with Crippen molar-refractivity contribution in [2.75, 3.05) is 18.1 Å². The Morgan fingerprint density at radius 3 is 2.86 bits per heavy atom. The molecular formula is C14H19FN2O3S. The lowest BCUT2D eigenvalue weighted by Gasteiger charge is -2.28. The molecule has 5 nitrogen and oxygen atoms in total. The highest BCUT2D eigenvalue weighted by molar-refractivity contribution is 7.91. The Morgan fingerprint density at radius 2 is 2.29 bits per heavy atom. The van der Waals surface area contributed by atoms with Crippen LogP contribution in [0.1, 0.15) is 36.5 Å². The van der Waals surface area contributed by atoms with Crippen molar-refractivity contribution in [3.05, 3.63) is 29.8 Å². The first-order chi connectivity index (χ1) is 9.94. The molecule has 0 N–H and O–H groups in total. The van der Waals surface area contributed by atoms with E-state index in [4.69, 9.17) is 0 Å². The average molecular weight is 314 g/mol. The van der Waals surface area contributed by atoms with Gasteiger partial charge in [-0.05, 0) is 18.9 Å². The van der Waals surface area contributed by atoms with Crippen LogP contribution in [0.3, 0.4) is 0 Å². The third-order valence-corrected chi connectivity index (χ3v) is 5.42. The van der Waals surface area contributed by atoms with E-state index in [0.29, 0.717) is 13.0 Å². The molecule has 1 saturated heterocycles. The molecule has 0 aliphatic carbocycles. The van der Waals surface area contributed by atoms with Gasteiger partial charge in [0.15, 0.2) is 15.7 Å². The van der Waals surface area contributed by atoms with Crippen LogP contribution >= 0.6 is 0 Å². The summed E-state index contributed by atoms with van der Waals surface area (Å²) in [6.45, 7) is 2.43. The number of unbranched alkanes of at least 4 members (excludes halogenated alkanes) is 1. The Labute approximate surface area is 124 Å². The van der Waals surface area contributed by atoms with E-state index in [1.165, 1.54) is 17.2 Å². The number of sulfone groups is 1. The van der Waals surface area contributed by atoms with Crippen LogP contribution in [0.2, 0.25) is 0 Å².